The van der Waals surface area contributed by atoms with Crippen molar-refractivity contribution in [3.63, 3.8) is 0 Å². The molecule has 1 heterocycles. The van der Waals surface area contributed by atoms with Gasteiger partial charge in [0.2, 0.25) is 0 Å². The van der Waals surface area contributed by atoms with E-state index in [0.717, 1.165) is 13.0 Å². The maximum atomic E-state index is 5.03. The maximum absolute atomic E-state index is 5.03. The van der Waals surface area contributed by atoms with Crippen molar-refractivity contribution in [2.24, 2.45) is 0 Å². The highest BCUT2D eigenvalue weighted by Crippen LogP contribution is 2.36. The molecule has 0 bridgehead atoms. The molecule has 20 heavy (non-hydrogen) atoms. The molecule has 3 rings (SSSR count). The molecule has 1 saturated carbocycles. The van der Waals surface area contributed by atoms with Crippen molar-refractivity contribution in [2.45, 2.75) is 51.9 Å². The maximum Gasteiger partial charge on any atom is 0.0758 e. The molecule has 0 atom stereocenters. The van der Waals surface area contributed by atoms with Crippen LogP contribution in [0.1, 0.15) is 56.7 Å². The van der Waals surface area contributed by atoms with Gasteiger partial charge in [-0.25, -0.2) is 0 Å². The Morgan fingerprint density at radius 1 is 1.20 bits per heavy atom. The summed E-state index contributed by atoms with van der Waals surface area (Å²) in [5.41, 5.74) is 5.12. The lowest BCUT2D eigenvalue weighted by Gasteiger charge is -2.16. The van der Waals surface area contributed by atoms with Gasteiger partial charge in [-0.2, -0.15) is 0 Å². The SMILES string of the molecule is CCNc1cc(C2CCCC2)nc2c(CC)cccc12. The molecule has 2 nitrogen and oxygen atoms in total. The third-order valence-electron chi connectivity index (χ3n) is 4.46. The molecule has 0 unspecified atom stereocenters. The van der Waals surface area contributed by atoms with E-state index >= 15 is 0 Å². The van der Waals surface area contributed by atoms with E-state index in [9.17, 15) is 0 Å². The molecule has 0 spiro atoms. The summed E-state index contributed by atoms with van der Waals surface area (Å²) >= 11 is 0. The minimum atomic E-state index is 0.668. The second kappa shape index (κ2) is 5.82. The largest absolute Gasteiger partial charge is 0.385 e. The number of benzene rings is 1. The van der Waals surface area contributed by atoms with Crippen molar-refractivity contribution in [1.82, 2.24) is 4.98 Å². The van der Waals surface area contributed by atoms with Crippen LogP contribution in [0, 0.1) is 0 Å². The van der Waals surface area contributed by atoms with Crippen molar-refractivity contribution in [2.75, 3.05) is 11.9 Å². The van der Waals surface area contributed by atoms with Crippen LogP contribution in [-0.2, 0) is 6.42 Å². The van der Waals surface area contributed by atoms with Crippen LogP contribution in [0.4, 0.5) is 5.69 Å². The first kappa shape index (κ1) is 13.4. The summed E-state index contributed by atoms with van der Waals surface area (Å²) in [5.74, 6) is 0.668. The highest BCUT2D eigenvalue weighted by atomic mass is 14.9. The predicted molar refractivity (Wildman–Crippen MR) is 86.5 cm³/mol. The molecule has 0 radical (unpaired) electrons. The fourth-order valence-corrected chi connectivity index (χ4v) is 3.38. The first-order valence-electron chi connectivity index (χ1n) is 8.00. The van der Waals surface area contributed by atoms with Crippen molar-refractivity contribution in [3.8, 4) is 0 Å². The predicted octanol–water partition coefficient (Wildman–Crippen LogP) is 4.89. The Bertz CT molecular complexity index is 598. The Balaban J connectivity index is 2.17. The summed E-state index contributed by atoms with van der Waals surface area (Å²) in [6, 6.07) is 8.85. The van der Waals surface area contributed by atoms with Gasteiger partial charge in [0.05, 0.1) is 5.52 Å². The number of nitrogens with one attached hydrogen (secondary N) is 1. The van der Waals surface area contributed by atoms with Gasteiger partial charge < -0.3 is 5.32 Å². The van der Waals surface area contributed by atoms with Gasteiger partial charge in [-0.1, -0.05) is 38.0 Å². The van der Waals surface area contributed by atoms with Crippen LogP contribution >= 0.6 is 0 Å². The Labute approximate surface area is 121 Å². The third kappa shape index (κ3) is 2.39. The lowest BCUT2D eigenvalue weighted by atomic mass is 9.99. The Kier molecular flexibility index (Phi) is 3.90. The zero-order chi connectivity index (χ0) is 13.9. The average molecular weight is 268 g/mol. The molecule has 106 valence electrons. The molecule has 0 saturated heterocycles. The summed E-state index contributed by atoms with van der Waals surface area (Å²) in [4.78, 5) is 5.03. The van der Waals surface area contributed by atoms with Crippen LogP contribution < -0.4 is 5.32 Å². The molecule has 0 amide bonds. The summed E-state index contributed by atoms with van der Waals surface area (Å²) in [7, 11) is 0. The number of fused-ring (bicyclic) bond motifs is 1. The van der Waals surface area contributed by atoms with Gasteiger partial charge in [0.15, 0.2) is 0 Å². The van der Waals surface area contributed by atoms with Gasteiger partial charge in [0.25, 0.3) is 0 Å². The topological polar surface area (TPSA) is 24.9 Å². The molecule has 2 aromatic rings. The van der Waals surface area contributed by atoms with Crippen LogP contribution in [0.15, 0.2) is 24.3 Å². The highest BCUT2D eigenvalue weighted by molar-refractivity contribution is 5.93. The number of anilines is 1. The Hall–Kier alpha value is -1.57. The first-order valence-corrected chi connectivity index (χ1v) is 8.00. The summed E-state index contributed by atoms with van der Waals surface area (Å²) in [6.07, 6.45) is 6.37. The summed E-state index contributed by atoms with van der Waals surface area (Å²) < 4.78 is 0. The monoisotopic (exact) mass is 268 g/mol. The number of pyridine rings is 1. The number of para-hydroxylation sites is 1. The minimum Gasteiger partial charge on any atom is -0.385 e. The lowest BCUT2D eigenvalue weighted by molar-refractivity contribution is 0.701. The molecule has 1 aliphatic rings. The first-order chi connectivity index (χ1) is 9.83. The third-order valence-corrected chi connectivity index (χ3v) is 4.46. The lowest BCUT2D eigenvalue weighted by Crippen LogP contribution is -2.04. The van der Waals surface area contributed by atoms with Crippen LogP contribution in [0.25, 0.3) is 10.9 Å². The number of hydrogen-bond donors (Lipinski definition) is 1. The number of rotatable bonds is 4. The van der Waals surface area contributed by atoms with E-state index in [1.54, 1.807) is 0 Å². The number of hydrogen-bond acceptors (Lipinski definition) is 2. The molecule has 1 aromatic heterocycles. The van der Waals surface area contributed by atoms with Crippen molar-refractivity contribution in [3.05, 3.63) is 35.5 Å². The van der Waals surface area contributed by atoms with Crippen molar-refractivity contribution in [1.29, 1.82) is 0 Å². The minimum absolute atomic E-state index is 0.668. The molecule has 0 aliphatic heterocycles. The van der Waals surface area contributed by atoms with Crippen molar-refractivity contribution >= 4 is 16.6 Å². The zero-order valence-electron chi connectivity index (χ0n) is 12.6. The Morgan fingerprint density at radius 2 is 2.00 bits per heavy atom. The van der Waals surface area contributed by atoms with Crippen LogP contribution in [-0.4, -0.2) is 11.5 Å². The fourth-order valence-electron chi connectivity index (χ4n) is 3.38. The quantitative estimate of drug-likeness (QED) is 0.854. The molecular weight excluding hydrogens is 244 g/mol. The van der Waals surface area contributed by atoms with Gasteiger partial charge in [-0.15, -0.1) is 0 Å². The van der Waals surface area contributed by atoms with E-state index in [0.29, 0.717) is 5.92 Å². The smallest absolute Gasteiger partial charge is 0.0758 e. The van der Waals surface area contributed by atoms with E-state index in [1.807, 2.05) is 0 Å². The zero-order valence-corrected chi connectivity index (χ0v) is 12.6. The van der Waals surface area contributed by atoms with E-state index in [1.165, 1.54) is 53.5 Å². The molecule has 1 fully saturated rings. The van der Waals surface area contributed by atoms with E-state index in [-0.39, 0.29) is 0 Å². The normalized spacial score (nSPS) is 15.9. The molecule has 1 N–H and O–H groups in total. The van der Waals surface area contributed by atoms with Gasteiger partial charge in [0.1, 0.15) is 0 Å². The standard InChI is InChI=1S/C18H24N2/c1-3-13-10-7-11-15-17(19-4-2)12-16(20-18(13)15)14-8-5-6-9-14/h7,10-12,14H,3-6,8-9H2,1-2H3,(H,19,20). The van der Waals surface area contributed by atoms with Crippen LogP contribution in [0.5, 0.6) is 0 Å². The number of aryl methyl sites for hydroxylation is 1. The number of nitrogens with zero attached hydrogens (tertiary/aromatic N) is 1. The summed E-state index contributed by atoms with van der Waals surface area (Å²) in [5, 5.41) is 4.80. The van der Waals surface area contributed by atoms with Gasteiger partial charge in [-0.3, -0.25) is 4.98 Å². The molecule has 1 aliphatic carbocycles. The highest BCUT2D eigenvalue weighted by Gasteiger charge is 2.20. The number of aromatic nitrogens is 1. The molecule has 2 heteroatoms. The van der Waals surface area contributed by atoms with E-state index < -0.39 is 0 Å². The second-order valence-electron chi connectivity index (χ2n) is 5.77. The van der Waals surface area contributed by atoms with Gasteiger partial charge in [-0.05, 0) is 37.8 Å². The van der Waals surface area contributed by atoms with Crippen LogP contribution in [0.3, 0.4) is 0 Å². The molecule has 1 aromatic carbocycles. The van der Waals surface area contributed by atoms with Crippen LogP contribution in [0.2, 0.25) is 0 Å². The average Bonchev–Trinajstić information content (AvgIpc) is 3.01. The van der Waals surface area contributed by atoms with Crippen molar-refractivity contribution < 1.29 is 0 Å². The Morgan fingerprint density at radius 3 is 2.70 bits per heavy atom. The second-order valence-corrected chi connectivity index (χ2v) is 5.77. The van der Waals surface area contributed by atoms with Gasteiger partial charge in [0, 0.05) is 29.2 Å². The fraction of sp³-hybridized carbons (Fsp3) is 0.500. The summed E-state index contributed by atoms with van der Waals surface area (Å²) in [6.45, 7) is 5.33. The van der Waals surface area contributed by atoms with E-state index in [4.69, 9.17) is 4.98 Å². The van der Waals surface area contributed by atoms with Gasteiger partial charge >= 0.3 is 0 Å². The van der Waals surface area contributed by atoms with E-state index in [2.05, 4.69) is 43.4 Å². The molecular formula is C18H24N2.